The Morgan fingerprint density at radius 1 is 1.33 bits per heavy atom. The molecule has 0 spiro atoms. The van der Waals surface area contributed by atoms with Gasteiger partial charge in [0.25, 0.3) is 5.91 Å². The van der Waals surface area contributed by atoms with E-state index in [0.29, 0.717) is 11.1 Å². The zero-order valence-corrected chi connectivity index (χ0v) is 17.4. The summed E-state index contributed by atoms with van der Waals surface area (Å²) >= 11 is 0.944. The maximum absolute atomic E-state index is 13.5. The van der Waals surface area contributed by atoms with Crippen LogP contribution in [0.15, 0.2) is 18.2 Å². The lowest BCUT2D eigenvalue weighted by atomic mass is 9.89. The molecule has 3 amide bonds. The van der Waals surface area contributed by atoms with Gasteiger partial charge in [-0.05, 0) is 37.1 Å². The fourth-order valence-electron chi connectivity index (χ4n) is 3.25. The molecule has 158 valence electrons. The van der Waals surface area contributed by atoms with Crippen LogP contribution < -0.4 is 16.0 Å². The van der Waals surface area contributed by atoms with Gasteiger partial charge in [-0.2, -0.15) is 0 Å². The largest absolute Gasteiger partial charge is 0.462 e. The lowest BCUT2D eigenvalue weighted by Gasteiger charge is -2.24. The first-order valence-corrected chi connectivity index (χ1v) is 10.0. The van der Waals surface area contributed by atoms with Gasteiger partial charge in [0.05, 0.1) is 23.0 Å². The average Bonchev–Trinajstić information content (AvgIpc) is 3.02. The van der Waals surface area contributed by atoms with Crippen LogP contribution in [0.25, 0.3) is 0 Å². The standard InChI is InChI=1S/C20H20FN3O5S/c1-4-29-20(28)15-9(2)16(18(27)22-3)30-19(15)24-17(26)12-8-14(25)23-13-7-10(21)5-6-11(12)13/h5-7,12H,4,8H2,1-3H3,(H,22,27)(H,23,25)(H,24,26). The highest BCUT2D eigenvalue weighted by molar-refractivity contribution is 7.18. The van der Waals surface area contributed by atoms with E-state index in [1.54, 1.807) is 13.8 Å². The second-order valence-electron chi connectivity index (χ2n) is 6.59. The summed E-state index contributed by atoms with van der Waals surface area (Å²) in [5.41, 5.74) is 1.17. The number of hydrogen-bond donors (Lipinski definition) is 3. The summed E-state index contributed by atoms with van der Waals surface area (Å²) in [5.74, 6) is -3.46. The molecule has 10 heteroatoms. The molecular formula is C20H20FN3O5S. The Kier molecular flexibility index (Phi) is 6.16. The number of fused-ring (bicyclic) bond motifs is 1. The van der Waals surface area contributed by atoms with E-state index in [9.17, 15) is 23.6 Å². The van der Waals surface area contributed by atoms with Crippen LogP contribution in [0.2, 0.25) is 0 Å². The second-order valence-corrected chi connectivity index (χ2v) is 7.61. The van der Waals surface area contributed by atoms with Crippen molar-refractivity contribution in [2.24, 2.45) is 0 Å². The van der Waals surface area contributed by atoms with Crippen LogP contribution in [-0.2, 0) is 14.3 Å². The van der Waals surface area contributed by atoms with E-state index in [2.05, 4.69) is 16.0 Å². The third kappa shape index (κ3) is 4.04. The Morgan fingerprint density at radius 2 is 2.07 bits per heavy atom. The van der Waals surface area contributed by atoms with E-state index < -0.39 is 35.4 Å². The Balaban J connectivity index is 1.98. The monoisotopic (exact) mass is 433 g/mol. The Bertz CT molecular complexity index is 1050. The number of carbonyl (C=O) groups excluding carboxylic acids is 4. The van der Waals surface area contributed by atoms with Crippen LogP contribution >= 0.6 is 11.3 Å². The van der Waals surface area contributed by atoms with E-state index in [0.717, 1.165) is 17.4 Å². The highest BCUT2D eigenvalue weighted by Crippen LogP contribution is 2.37. The lowest BCUT2D eigenvalue weighted by Crippen LogP contribution is -2.31. The van der Waals surface area contributed by atoms with Gasteiger partial charge in [0.2, 0.25) is 11.8 Å². The molecule has 3 N–H and O–H groups in total. The number of thiophene rings is 1. The van der Waals surface area contributed by atoms with Crippen LogP contribution in [0.5, 0.6) is 0 Å². The summed E-state index contributed by atoms with van der Waals surface area (Å²) in [6.45, 7) is 3.36. The predicted octanol–water partition coefficient (Wildman–Crippen LogP) is 2.80. The van der Waals surface area contributed by atoms with Gasteiger partial charge in [-0.15, -0.1) is 11.3 Å². The number of benzene rings is 1. The van der Waals surface area contributed by atoms with Crippen molar-refractivity contribution in [3.63, 3.8) is 0 Å². The van der Waals surface area contributed by atoms with Crippen LogP contribution in [0, 0.1) is 12.7 Å². The minimum Gasteiger partial charge on any atom is -0.462 e. The van der Waals surface area contributed by atoms with Crippen LogP contribution in [0.3, 0.4) is 0 Å². The molecule has 1 aromatic carbocycles. The summed E-state index contributed by atoms with van der Waals surface area (Å²) in [6.07, 6.45) is -0.133. The summed E-state index contributed by atoms with van der Waals surface area (Å²) in [7, 11) is 1.46. The molecule has 2 aromatic rings. The van der Waals surface area contributed by atoms with Gasteiger partial charge >= 0.3 is 5.97 Å². The third-order valence-electron chi connectivity index (χ3n) is 4.67. The number of ether oxygens (including phenoxy) is 1. The quantitative estimate of drug-likeness (QED) is 0.628. The fraction of sp³-hybridized carbons (Fsp3) is 0.300. The molecule has 1 aromatic heterocycles. The number of nitrogens with one attached hydrogen (secondary N) is 3. The van der Waals surface area contributed by atoms with E-state index in [4.69, 9.17) is 4.74 Å². The molecule has 8 nitrogen and oxygen atoms in total. The summed E-state index contributed by atoms with van der Waals surface area (Å²) < 4.78 is 18.6. The fourth-order valence-corrected chi connectivity index (χ4v) is 4.40. The molecule has 0 fully saturated rings. The maximum Gasteiger partial charge on any atom is 0.341 e. The number of carbonyl (C=O) groups is 4. The molecule has 0 aliphatic carbocycles. The number of rotatable bonds is 5. The number of hydrogen-bond acceptors (Lipinski definition) is 6. The lowest BCUT2D eigenvalue weighted by molar-refractivity contribution is -0.123. The van der Waals surface area contributed by atoms with Crippen molar-refractivity contribution in [1.29, 1.82) is 0 Å². The summed E-state index contributed by atoms with van der Waals surface area (Å²) in [4.78, 5) is 49.9. The van der Waals surface area contributed by atoms with E-state index >= 15 is 0 Å². The van der Waals surface area contributed by atoms with Crippen LogP contribution in [0.1, 0.15) is 50.4 Å². The number of halogens is 1. The van der Waals surface area contributed by atoms with E-state index in [1.165, 1.54) is 19.2 Å². The van der Waals surface area contributed by atoms with Gasteiger partial charge in [-0.3, -0.25) is 14.4 Å². The van der Waals surface area contributed by atoms with E-state index in [-0.39, 0.29) is 34.2 Å². The molecule has 1 atom stereocenters. The van der Waals surface area contributed by atoms with Crippen molar-refractivity contribution in [3.8, 4) is 0 Å². The van der Waals surface area contributed by atoms with E-state index in [1.807, 2.05) is 0 Å². The molecule has 1 aliphatic rings. The Hall–Kier alpha value is -3.27. The smallest absolute Gasteiger partial charge is 0.341 e. The molecule has 1 unspecified atom stereocenters. The van der Waals surface area contributed by atoms with Gasteiger partial charge in [-0.1, -0.05) is 6.07 Å². The third-order valence-corrected chi connectivity index (χ3v) is 5.87. The van der Waals surface area contributed by atoms with Crippen molar-refractivity contribution in [2.75, 3.05) is 24.3 Å². The van der Waals surface area contributed by atoms with Crippen LogP contribution in [0.4, 0.5) is 15.1 Å². The molecule has 0 radical (unpaired) electrons. The highest BCUT2D eigenvalue weighted by atomic mass is 32.1. The molecule has 0 bridgehead atoms. The molecule has 0 saturated carbocycles. The first-order chi connectivity index (χ1) is 14.3. The summed E-state index contributed by atoms with van der Waals surface area (Å²) in [5, 5.41) is 7.86. The molecular weight excluding hydrogens is 413 g/mol. The van der Waals surface area contributed by atoms with Gasteiger partial charge in [0.15, 0.2) is 0 Å². The topological polar surface area (TPSA) is 114 Å². The van der Waals surface area contributed by atoms with Crippen molar-refractivity contribution < 1.29 is 28.3 Å². The SMILES string of the molecule is CCOC(=O)c1c(NC(=O)C2CC(=O)Nc3cc(F)ccc32)sc(C(=O)NC)c1C. The van der Waals surface area contributed by atoms with Gasteiger partial charge < -0.3 is 20.7 Å². The molecule has 0 saturated heterocycles. The predicted molar refractivity (Wildman–Crippen MR) is 109 cm³/mol. The number of anilines is 2. The molecule has 30 heavy (non-hydrogen) atoms. The zero-order valence-electron chi connectivity index (χ0n) is 16.6. The summed E-state index contributed by atoms with van der Waals surface area (Å²) in [6, 6.07) is 3.80. The van der Waals surface area contributed by atoms with Gasteiger partial charge in [-0.25, -0.2) is 9.18 Å². The minimum absolute atomic E-state index is 0.0911. The Morgan fingerprint density at radius 3 is 2.73 bits per heavy atom. The highest BCUT2D eigenvalue weighted by Gasteiger charge is 2.33. The number of amides is 3. The van der Waals surface area contributed by atoms with Crippen molar-refractivity contribution in [2.45, 2.75) is 26.2 Å². The second kappa shape index (κ2) is 8.62. The first kappa shape index (κ1) is 21.4. The van der Waals surface area contributed by atoms with Gasteiger partial charge in [0.1, 0.15) is 10.8 Å². The van der Waals surface area contributed by atoms with Crippen molar-refractivity contribution >= 4 is 45.7 Å². The Labute approximate surface area is 175 Å². The molecule has 1 aliphatic heterocycles. The minimum atomic E-state index is -0.879. The van der Waals surface area contributed by atoms with Crippen molar-refractivity contribution in [1.82, 2.24) is 5.32 Å². The molecule has 3 rings (SSSR count). The maximum atomic E-state index is 13.5. The van der Waals surface area contributed by atoms with Crippen molar-refractivity contribution in [3.05, 3.63) is 45.6 Å². The van der Waals surface area contributed by atoms with Crippen LogP contribution in [-0.4, -0.2) is 37.3 Å². The zero-order chi connectivity index (χ0) is 22.0. The van der Waals surface area contributed by atoms with Gasteiger partial charge in [0, 0.05) is 19.2 Å². The molecule has 2 heterocycles. The average molecular weight is 433 g/mol. The first-order valence-electron chi connectivity index (χ1n) is 9.19. The number of esters is 1. The normalized spacial score (nSPS) is 15.1.